The smallest absolute Gasteiger partial charge is 0.410 e. The van der Waals surface area contributed by atoms with E-state index in [-0.39, 0.29) is 6.09 Å². The summed E-state index contributed by atoms with van der Waals surface area (Å²) in [5, 5.41) is 9.23. The fraction of sp³-hybridized carbons (Fsp3) is 0.400. The number of rotatable bonds is 5. The Hall–Kier alpha value is -3.53. The van der Waals surface area contributed by atoms with Crippen LogP contribution in [0, 0.1) is 17.2 Å². The molecule has 2 fully saturated rings. The first kappa shape index (κ1) is 20.4. The molecule has 1 saturated heterocycles. The van der Waals surface area contributed by atoms with Crippen LogP contribution in [0.3, 0.4) is 0 Å². The van der Waals surface area contributed by atoms with Gasteiger partial charge in [-0.25, -0.2) is 9.78 Å². The maximum absolute atomic E-state index is 12.7. The van der Waals surface area contributed by atoms with E-state index >= 15 is 0 Å². The number of carbonyl (C=O) groups is 1. The molecule has 2 aliphatic rings. The molecule has 1 aromatic heterocycles. The molecule has 32 heavy (non-hydrogen) atoms. The quantitative estimate of drug-likeness (QED) is 0.595. The van der Waals surface area contributed by atoms with Crippen molar-refractivity contribution in [2.75, 3.05) is 13.7 Å². The topological polar surface area (TPSA) is 80.4 Å². The number of nitriles is 1. The van der Waals surface area contributed by atoms with Gasteiger partial charge in [0.1, 0.15) is 11.4 Å². The molecular formula is C25H26N4O3. The Morgan fingerprint density at radius 2 is 2.22 bits per heavy atom. The maximum Gasteiger partial charge on any atom is 0.410 e. The third-order valence-electron chi connectivity index (χ3n) is 6.66. The number of imidazole rings is 1. The molecule has 2 atom stereocenters. The van der Waals surface area contributed by atoms with E-state index in [4.69, 9.17) is 9.47 Å². The summed E-state index contributed by atoms with van der Waals surface area (Å²) >= 11 is 0. The standard InChI is InChI=1S/C25H26N4O3/c1-31-21-6-2-4-19(10-21)14-28-16-25(32-24(28)30)9-3-5-20(12-25)15-29-17-27-22-8-7-18(13-26)11-23(22)29/h2,4,6-8,10-11,17,20H,3,5,9,12,14-16H2,1H3. The van der Waals surface area contributed by atoms with Crippen LogP contribution in [0.25, 0.3) is 11.0 Å². The summed E-state index contributed by atoms with van der Waals surface area (Å²) in [5.41, 5.74) is 3.12. The van der Waals surface area contributed by atoms with Crippen LogP contribution in [-0.4, -0.2) is 39.8 Å². The van der Waals surface area contributed by atoms with Crippen molar-refractivity contribution < 1.29 is 14.3 Å². The largest absolute Gasteiger partial charge is 0.497 e. The van der Waals surface area contributed by atoms with Crippen molar-refractivity contribution in [2.45, 2.75) is 44.4 Å². The van der Waals surface area contributed by atoms with Gasteiger partial charge in [0.2, 0.25) is 0 Å². The first-order chi connectivity index (χ1) is 15.6. The number of hydrogen-bond acceptors (Lipinski definition) is 5. The lowest BCUT2D eigenvalue weighted by molar-refractivity contribution is 0.00415. The molecule has 3 aromatic rings. The molecule has 0 bridgehead atoms. The molecular weight excluding hydrogens is 404 g/mol. The lowest BCUT2D eigenvalue weighted by Gasteiger charge is -2.36. The highest BCUT2D eigenvalue weighted by molar-refractivity contribution is 5.77. The van der Waals surface area contributed by atoms with Gasteiger partial charge in [-0.05, 0) is 67.5 Å². The number of benzene rings is 2. The molecule has 0 radical (unpaired) electrons. The van der Waals surface area contributed by atoms with Crippen molar-refractivity contribution >= 4 is 17.1 Å². The molecule has 7 nitrogen and oxygen atoms in total. The summed E-state index contributed by atoms with van der Waals surface area (Å²) in [6, 6.07) is 15.6. The third kappa shape index (κ3) is 3.89. The zero-order valence-corrected chi connectivity index (χ0v) is 18.2. The molecule has 2 aromatic carbocycles. The van der Waals surface area contributed by atoms with Gasteiger partial charge in [0.25, 0.3) is 0 Å². The Balaban J connectivity index is 1.29. The van der Waals surface area contributed by atoms with Crippen molar-refractivity contribution in [3.8, 4) is 11.8 Å². The van der Waals surface area contributed by atoms with E-state index in [1.54, 1.807) is 13.2 Å². The first-order valence-electron chi connectivity index (χ1n) is 11.0. The van der Waals surface area contributed by atoms with Crippen molar-refractivity contribution in [2.24, 2.45) is 5.92 Å². The number of ether oxygens (including phenoxy) is 2. The average Bonchev–Trinajstić information content (AvgIpc) is 3.33. The number of hydrogen-bond donors (Lipinski definition) is 0. The number of fused-ring (bicyclic) bond motifs is 1. The number of methoxy groups -OCH3 is 1. The van der Waals surface area contributed by atoms with E-state index < -0.39 is 5.60 Å². The van der Waals surface area contributed by atoms with E-state index in [1.807, 2.05) is 47.6 Å². The summed E-state index contributed by atoms with van der Waals surface area (Å²) < 4.78 is 13.4. The summed E-state index contributed by atoms with van der Waals surface area (Å²) in [4.78, 5) is 19.0. The lowest BCUT2D eigenvalue weighted by atomic mass is 9.78. The van der Waals surface area contributed by atoms with Crippen LogP contribution in [0.5, 0.6) is 5.75 Å². The number of nitrogens with zero attached hydrogens (tertiary/aromatic N) is 4. The maximum atomic E-state index is 12.7. The van der Waals surface area contributed by atoms with Crippen molar-refractivity contribution in [3.63, 3.8) is 0 Å². The third-order valence-corrected chi connectivity index (χ3v) is 6.66. The Bertz CT molecular complexity index is 1200. The van der Waals surface area contributed by atoms with Crippen LogP contribution in [0.4, 0.5) is 4.79 Å². The molecule has 1 aliphatic heterocycles. The van der Waals surface area contributed by atoms with E-state index in [0.717, 1.165) is 54.6 Å². The van der Waals surface area contributed by atoms with Crippen molar-refractivity contribution in [1.82, 2.24) is 14.5 Å². The summed E-state index contributed by atoms with van der Waals surface area (Å²) in [7, 11) is 1.64. The Morgan fingerprint density at radius 3 is 3.06 bits per heavy atom. The number of carbonyl (C=O) groups excluding carboxylic acids is 1. The molecule has 2 unspecified atom stereocenters. The van der Waals surface area contributed by atoms with Crippen LogP contribution in [0.15, 0.2) is 48.8 Å². The number of amides is 1. The highest BCUT2D eigenvalue weighted by atomic mass is 16.6. The minimum atomic E-state index is -0.424. The first-order valence-corrected chi connectivity index (χ1v) is 11.0. The van der Waals surface area contributed by atoms with E-state index in [2.05, 4.69) is 15.6 Å². The molecule has 1 aliphatic carbocycles. The molecule has 1 spiro atoms. The molecule has 1 amide bonds. The molecule has 7 heteroatoms. The van der Waals surface area contributed by atoms with Crippen LogP contribution in [0.2, 0.25) is 0 Å². The highest BCUT2D eigenvalue weighted by Crippen LogP contribution is 2.41. The Labute approximate surface area is 187 Å². The highest BCUT2D eigenvalue weighted by Gasteiger charge is 2.47. The molecule has 0 N–H and O–H groups in total. The fourth-order valence-electron chi connectivity index (χ4n) is 5.19. The van der Waals surface area contributed by atoms with Gasteiger partial charge in [0, 0.05) is 13.1 Å². The predicted molar refractivity (Wildman–Crippen MR) is 119 cm³/mol. The molecule has 1 saturated carbocycles. The van der Waals surface area contributed by atoms with Crippen molar-refractivity contribution in [1.29, 1.82) is 5.26 Å². The van der Waals surface area contributed by atoms with Gasteiger partial charge in [-0.1, -0.05) is 12.1 Å². The summed E-state index contributed by atoms with van der Waals surface area (Å²) in [6.07, 6.45) is 5.47. The average molecular weight is 431 g/mol. The van der Waals surface area contributed by atoms with E-state index in [1.165, 1.54) is 0 Å². The zero-order chi connectivity index (χ0) is 22.1. The van der Waals surface area contributed by atoms with Gasteiger partial charge in [0.15, 0.2) is 0 Å². The van der Waals surface area contributed by atoms with Gasteiger partial charge >= 0.3 is 6.09 Å². The van der Waals surface area contributed by atoms with E-state index in [0.29, 0.717) is 24.6 Å². The van der Waals surface area contributed by atoms with Gasteiger partial charge < -0.3 is 14.0 Å². The molecule has 2 heterocycles. The lowest BCUT2D eigenvalue weighted by Crippen LogP contribution is -2.40. The minimum absolute atomic E-state index is 0.236. The summed E-state index contributed by atoms with van der Waals surface area (Å²) in [6.45, 7) is 1.94. The second-order valence-electron chi connectivity index (χ2n) is 8.93. The van der Waals surface area contributed by atoms with Gasteiger partial charge in [-0.2, -0.15) is 5.26 Å². The van der Waals surface area contributed by atoms with Crippen molar-refractivity contribution in [3.05, 3.63) is 59.9 Å². The van der Waals surface area contributed by atoms with E-state index in [9.17, 15) is 10.1 Å². The van der Waals surface area contributed by atoms with Crippen LogP contribution in [-0.2, 0) is 17.8 Å². The second kappa shape index (κ2) is 8.19. The van der Waals surface area contributed by atoms with Crippen LogP contribution in [0.1, 0.15) is 36.8 Å². The SMILES string of the molecule is COc1cccc(CN2CC3(CCCC(Cn4cnc5ccc(C#N)cc54)C3)OC2=O)c1. The minimum Gasteiger partial charge on any atom is -0.497 e. The number of aromatic nitrogens is 2. The Morgan fingerprint density at radius 1 is 1.31 bits per heavy atom. The molecule has 5 rings (SSSR count). The van der Waals surface area contributed by atoms with Gasteiger partial charge in [-0.3, -0.25) is 4.90 Å². The van der Waals surface area contributed by atoms with Gasteiger partial charge in [0.05, 0.1) is 42.6 Å². The monoisotopic (exact) mass is 430 g/mol. The zero-order valence-electron chi connectivity index (χ0n) is 18.2. The predicted octanol–water partition coefficient (Wildman–Crippen LogP) is 4.50. The fourth-order valence-corrected chi connectivity index (χ4v) is 5.19. The normalized spacial score (nSPS) is 22.8. The Kier molecular flexibility index (Phi) is 5.22. The van der Waals surface area contributed by atoms with Crippen LogP contribution >= 0.6 is 0 Å². The van der Waals surface area contributed by atoms with Gasteiger partial charge in [-0.15, -0.1) is 0 Å². The molecule has 164 valence electrons. The second-order valence-corrected chi connectivity index (χ2v) is 8.93. The summed E-state index contributed by atoms with van der Waals surface area (Å²) in [5.74, 6) is 1.17. The van der Waals surface area contributed by atoms with Crippen LogP contribution < -0.4 is 4.74 Å².